The minimum Gasteiger partial charge on any atom is -0.475 e. The van der Waals surface area contributed by atoms with E-state index in [-0.39, 0.29) is 0 Å². The predicted octanol–water partition coefficient (Wildman–Crippen LogP) is 2.62. The Morgan fingerprint density at radius 3 is 2.46 bits per heavy atom. The van der Waals surface area contributed by atoms with Gasteiger partial charge in [0, 0.05) is 37.4 Å². The van der Waals surface area contributed by atoms with Gasteiger partial charge in [0.05, 0.1) is 0 Å². The Morgan fingerprint density at radius 1 is 1.29 bits per heavy atom. The number of hydrogen-bond acceptors (Lipinski definition) is 4. The molecule has 0 radical (unpaired) electrons. The molecule has 0 unspecified atom stereocenters. The normalized spacial score (nSPS) is 18.7. The van der Waals surface area contributed by atoms with Crippen LogP contribution in [0.25, 0.3) is 0 Å². The SMILES string of the molecule is Cc1ncnc2c1CCN(CC1CCC1)CC2.O=C(O)C(F)(F)F. The standard InChI is InChI=1S/C14H21N3.C2HF3O2/c1-11-13-5-7-17(9-12-3-2-4-12)8-6-14(13)16-10-15-11;3-2(4,5)1(6)7/h10,12H,2-9H2,1H3;(H,6,7). The maximum atomic E-state index is 10.6. The molecule has 1 fully saturated rings. The Labute approximate surface area is 138 Å². The topological polar surface area (TPSA) is 66.3 Å². The van der Waals surface area contributed by atoms with Crippen LogP contribution in [0.2, 0.25) is 0 Å². The van der Waals surface area contributed by atoms with Crippen LogP contribution in [0.4, 0.5) is 13.2 Å². The van der Waals surface area contributed by atoms with E-state index in [2.05, 4.69) is 21.8 Å². The van der Waals surface area contributed by atoms with Crippen LogP contribution in [0.1, 0.15) is 36.2 Å². The maximum Gasteiger partial charge on any atom is 0.490 e. The van der Waals surface area contributed by atoms with Gasteiger partial charge in [-0.2, -0.15) is 13.2 Å². The number of carboxylic acid groups (broad SMARTS) is 1. The number of carboxylic acids is 1. The Kier molecular flexibility index (Phi) is 6.15. The van der Waals surface area contributed by atoms with E-state index < -0.39 is 12.1 Å². The molecule has 1 aromatic heterocycles. The van der Waals surface area contributed by atoms with Gasteiger partial charge in [-0.05, 0) is 37.7 Å². The van der Waals surface area contributed by atoms with E-state index in [0.29, 0.717) is 0 Å². The molecule has 1 saturated carbocycles. The molecule has 8 heteroatoms. The third-order valence-corrected chi connectivity index (χ3v) is 4.58. The van der Waals surface area contributed by atoms with Gasteiger partial charge in [-0.1, -0.05) is 6.42 Å². The summed E-state index contributed by atoms with van der Waals surface area (Å²) in [4.78, 5) is 20.3. The molecule has 0 spiro atoms. The lowest BCUT2D eigenvalue weighted by Crippen LogP contribution is -2.34. The monoisotopic (exact) mass is 345 g/mol. The highest BCUT2D eigenvalue weighted by Crippen LogP contribution is 2.28. The van der Waals surface area contributed by atoms with Gasteiger partial charge in [-0.25, -0.2) is 14.8 Å². The van der Waals surface area contributed by atoms with Crippen molar-refractivity contribution in [2.75, 3.05) is 19.6 Å². The Hall–Kier alpha value is -1.70. The Balaban J connectivity index is 0.000000256. The Bertz CT molecular complexity index is 574. The first-order chi connectivity index (χ1) is 11.3. The summed E-state index contributed by atoms with van der Waals surface area (Å²) in [5, 5.41) is 7.12. The average Bonchev–Trinajstić information content (AvgIpc) is 2.66. The van der Waals surface area contributed by atoms with Crippen LogP contribution in [0.5, 0.6) is 0 Å². The van der Waals surface area contributed by atoms with E-state index in [9.17, 15) is 13.2 Å². The highest BCUT2D eigenvalue weighted by atomic mass is 19.4. The first-order valence-corrected chi connectivity index (χ1v) is 8.09. The van der Waals surface area contributed by atoms with Crippen LogP contribution in [-0.4, -0.2) is 51.8 Å². The molecule has 0 aromatic carbocycles. The van der Waals surface area contributed by atoms with Gasteiger partial charge in [0.1, 0.15) is 6.33 Å². The summed E-state index contributed by atoms with van der Waals surface area (Å²) in [5.41, 5.74) is 3.87. The van der Waals surface area contributed by atoms with E-state index in [1.54, 1.807) is 6.33 Å². The van der Waals surface area contributed by atoms with Crippen molar-refractivity contribution in [1.82, 2.24) is 14.9 Å². The molecule has 1 N–H and O–H groups in total. The van der Waals surface area contributed by atoms with Gasteiger partial charge in [-0.3, -0.25) is 0 Å². The number of rotatable bonds is 2. The molecule has 0 bridgehead atoms. The molecular weight excluding hydrogens is 323 g/mol. The molecule has 0 saturated heterocycles. The number of alkyl halides is 3. The average molecular weight is 345 g/mol. The number of fused-ring (bicyclic) bond motifs is 1. The second kappa shape index (κ2) is 7.92. The van der Waals surface area contributed by atoms with Crippen molar-refractivity contribution in [1.29, 1.82) is 0 Å². The third-order valence-electron chi connectivity index (χ3n) is 4.58. The van der Waals surface area contributed by atoms with Crippen molar-refractivity contribution >= 4 is 5.97 Å². The fraction of sp³-hybridized carbons (Fsp3) is 0.688. The van der Waals surface area contributed by atoms with Gasteiger partial charge in [0.2, 0.25) is 0 Å². The number of hydrogen-bond donors (Lipinski definition) is 1. The quantitative estimate of drug-likeness (QED) is 0.892. The minimum atomic E-state index is -5.08. The van der Waals surface area contributed by atoms with E-state index in [0.717, 1.165) is 18.8 Å². The van der Waals surface area contributed by atoms with Crippen molar-refractivity contribution in [2.24, 2.45) is 5.92 Å². The summed E-state index contributed by atoms with van der Waals surface area (Å²) in [7, 11) is 0. The maximum absolute atomic E-state index is 10.6. The first kappa shape index (κ1) is 18.6. The van der Waals surface area contributed by atoms with Gasteiger partial charge >= 0.3 is 12.1 Å². The molecule has 1 aromatic rings. The highest BCUT2D eigenvalue weighted by Gasteiger charge is 2.38. The molecule has 134 valence electrons. The zero-order valence-corrected chi connectivity index (χ0v) is 13.6. The van der Waals surface area contributed by atoms with Gasteiger partial charge in [0.15, 0.2) is 0 Å². The number of carbonyl (C=O) groups is 1. The molecule has 3 rings (SSSR count). The van der Waals surface area contributed by atoms with Crippen LogP contribution in [-0.2, 0) is 17.6 Å². The summed E-state index contributed by atoms with van der Waals surface area (Å²) in [5.74, 6) is -1.78. The molecule has 0 amide bonds. The van der Waals surface area contributed by atoms with Crippen LogP contribution in [0, 0.1) is 12.8 Å². The van der Waals surface area contributed by atoms with Crippen LogP contribution >= 0.6 is 0 Å². The molecule has 5 nitrogen and oxygen atoms in total. The van der Waals surface area contributed by atoms with Crippen LogP contribution in [0.3, 0.4) is 0 Å². The number of nitrogens with zero attached hydrogens (tertiary/aromatic N) is 3. The lowest BCUT2D eigenvalue weighted by Gasteiger charge is -2.31. The summed E-state index contributed by atoms with van der Waals surface area (Å²) in [6.07, 6.45) is 3.21. The molecular formula is C16H22F3N3O2. The Morgan fingerprint density at radius 2 is 1.92 bits per heavy atom. The van der Waals surface area contributed by atoms with Gasteiger partial charge in [-0.15, -0.1) is 0 Å². The summed E-state index contributed by atoms with van der Waals surface area (Å²) in [6.45, 7) is 5.79. The zero-order chi connectivity index (χ0) is 17.7. The van der Waals surface area contributed by atoms with Crippen LogP contribution in [0.15, 0.2) is 6.33 Å². The molecule has 0 atom stereocenters. The summed E-state index contributed by atoms with van der Waals surface area (Å²) in [6, 6.07) is 0. The van der Waals surface area contributed by atoms with Crippen molar-refractivity contribution in [2.45, 2.75) is 45.2 Å². The number of aromatic nitrogens is 2. The first-order valence-electron chi connectivity index (χ1n) is 8.09. The predicted molar refractivity (Wildman–Crippen MR) is 81.6 cm³/mol. The summed E-state index contributed by atoms with van der Waals surface area (Å²) >= 11 is 0. The summed E-state index contributed by atoms with van der Waals surface area (Å²) < 4.78 is 31.7. The molecule has 2 aliphatic rings. The van der Waals surface area contributed by atoms with E-state index in [1.807, 2.05) is 0 Å². The van der Waals surface area contributed by atoms with Crippen molar-refractivity contribution in [3.8, 4) is 0 Å². The van der Waals surface area contributed by atoms with Crippen molar-refractivity contribution in [3.05, 3.63) is 23.3 Å². The van der Waals surface area contributed by atoms with Crippen molar-refractivity contribution in [3.63, 3.8) is 0 Å². The zero-order valence-electron chi connectivity index (χ0n) is 13.6. The smallest absolute Gasteiger partial charge is 0.475 e. The van der Waals surface area contributed by atoms with Crippen molar-refractivity contribution < 1.29 is 23.1 Å². The fourth-order valence-electron chi connectivity index (χ4n) is 2.96. The second-order valence-electron chi connectivity index (χ2n) is 6.28. The largest absolute Gasteiger partial charge is 0.490 e. The van der Waals surface area contributed by atoms with E-state index in [1.165, 1.54) is 55.8 Å². The highest BCUT2D eigenvalue weighted by molar-refractivity contribution is 5.73. The number of aliphatic carboxylic acids is 1. The molecule has 1 aliphatic carbocycles. The lowest BCUT2D eigenvalue weighted by molar-refractivity contribution is -0.192. The third kappa shape index (κ3) is 5.15. The molecule has 2 heterocycles. The van der Waals surface area contributed by atoms with Gasteiger partial charge in [0.25, 0.3) is 0 Å². The molecule has 24 heavy (non-hydrogen) atoms. The molecule has 1 aliphatic heterocycles. The number of halogens is 3. The van der Waals surface area contributed by atoms with E-state index >= 15 is 0 Å². The lowest BCUT2D eigenvalue weighted by atomic mass is 9.85. The number of aryl methyl sites for hydroxylation is 1. The van der Waals surface area contributed by atoms with E-state index in [4.69, 9.17) is 9.90 Å². The van der Waals surface area contributed by atoms with Gasteiger partial charge < -0.3 is 10.0 Å². The van der Waals surface area contributed by atoms with Crippen LogP contribution < -0.4 is 0 Å². The fourth-order valence-corrected chi connectivity index (χ4v) is 2.96. The minimum absolute atomic E-state index is 0.975. The second-order valence-corrected chi connectivity index (χ2v) is 6.28.